The molecular weight excluding hydrogens is 551 g/mol. The maximum atomic E-state index is 13.6. The van der Waals surface area contributed by atoms with Crippen LogP contribution in [-0.4, -0.2) is 42.0 Å². The van der Waals surface area contributed by atoms with Gasteiger partial charge in [-0.25, -0.2) is 9.79 Å². The van der Waals surface area contributed by atoms with Crippen molar-refractivity contribution < 1.29 is 22.7 Å². The SMILES string of the molecule is CCOC(=O)C1=C(C)N(c2cccc(C(F)(F)F)c2)C(SCCCCCN(C)/C=C\N)=NC1c1ccc(C#N)cc1. The number of hydrogen-bond donors (Lipinski definition) is 1. The molecule has 0 aromatic heterocycles. The van der Waals surface area contributed by atoms with Gasteiger partial charge in [0.05, 0.1) is 29.4 Å². The monoisotopic (exact) mass is 585 g/mol. The quantitative estimate of drug-likeness (QED) is 0.235. The van der Waals surface area contributed by atoms with Crippen LogP contribution >= 0.6 is 11.8 Å². The Hall–Kier alpha value is -3.91. The zero-order valence-electron chi connectivity index (χ0n) is 23.3. The fourth-order valence-corrected chi connectivity index (χ4v) is 5.48. The predicted octanol–water partition coefficient (Wildman–Crippen LogP) is 6.60. The van der Waals surface area contributed by atoms with Crippen LogP contribution in [0.3, 0.4) is 0 Å². The maximum Gasteiger partial charge on any atom is 0.416 e. The van der Waals surface area contributed by atoms with Gasteiger partial charge in [0.15, 0.2) is 5.17 Å². The van der Waals surface area contributed by atoms with Gasteiger partial charge in [-0.3, -0.25) is 4.90 Å². The number of ether oxygens (including phenoxy) is 1. The number of rotatable bonds is 11. The van der Waals surface area contributed by atoms with E-state index in [2.05, 4.69) is 6.07 Å². The number of halogens is 3. The van der Waals surface area contributed by atoms with Crippen molar-refractivity contribution in [3.63, 3.8) is 0 Å². The third-order valence-corrected chi connectivity index (χ3v) is 7.48. The topological polar surface area (TPSA) is 94.9 Å². The van der Waals surface area contributed by atoms with E-state index < -0.39 is 23.8 Å². The van der Waals surface area contributed by atoms with Gasteiger partial charge in [0.1, 0.15) is 6.04 Å². The summed E-state index contributed by atoms with van der Waals surface area (Å²) in [5.74, 6) is 0.0760. The van der Waals surface area contributed by atoms with Crippen molar-refractivity contribution in [1.82, 2.24) is 4.90 Å². The molecule has 2 aromatic carbocycles. The van der Waals surface area contributed by atoms with Gasteiger partial charge in [-0.15, -0.1) is 0 Å². The molecule has 0 saturated heterocycles. The van der Waals surface area contributed by atoms with Crippen molar-refractivity contribution in [1.29, 1.82) is 5.26 Å². The average molecular weight is 586 g/mol. The van der Waals surface area contributed by atoms with E-state index >= 15 is 0 Å². The molecule has 0 fully saturated rings. The van der Waals surface area contributed by atoms with Crippen LogP contribution in [0.25, 0.3) is 0 Å². The van der Waals surface area contributed by atoms with Gasteiger partial charge in [-0.05, 0) is 62.6 Å². The summed E-state index contributed by atoms with van der Waals surface area (Å²) in [5.41, 5.74) is 6.68. The van der Waals surface area contributed by atoms with Crippen LogP contribution < -0.4 is 10.6 Å². The standard InChI is InChI=1S/C30H34F3N5O2S/c1-4-40-28(39)26-21(2)38(25-10-8-9-24(19-25)30(31,32)33)29(41-18-7-5-6-16-37(3)17-15-34)36-27(26)23-13-11-22(20-35)12-14-23/h8-15,17,19,27H,4-7,16,18,34H2,1-3H3/b17-15-. The van der Waals surface area contributed by atoms with Gasteiger partial charge in [0.2, 0.25) is 0 Å². The molecule has 2 aromatic rings. The molecule has 1 aliphatic heterocycles. The third kappa shape index (κ3) is 8.30. The molecule has 0 amide bonds. The van der Waals surface area contributed by atoms with Crippen LogP contribution in [0, 0.1) is 11.3 Å². The van der Waals surface area contributed by atoms with Gasteiger partial charge in [0.25, 0.3) is 0 Å². The number of amidine groups is 1. The zero-order valence-corrected chi connectivity index (χ0v) is 24.1. The number of carbonyl (C=O) groups excluding carboxylic acids is 1. The normalized spacial score (nSPS) is 15.6. The molecule has 0 bridgehead atoms. The molecule has 11 heteroatoms. The first kappa shape index (κ1) is 31.6. The number of benzene rings is 2. The van der Waals surface area contributed by atoms with Crippen molar-refractivity contribution in [2.75, 3.05) is 30.9 Å². The Morgan fingerprint density at radius 2 is 1.95 bits per heavy atom. The minimum atomic E-state index is -4.53. The number of nitrogens with two attached hydrogens (primary N) is 1. The number of aliphatic imine (C=N–C) groups is 1. The second kappa shape index (κ2) is 14.6. The number of allylic oxidation sites excluding steroid dienone is 1. The zero-order chi connectivity index (χ0) is 30.0. The lowest BCUT2D eigenvalue weighted by Crippen LogP contribution is -2.35. The van der Waals surface area contributed by atoms with Crippen LogP contribution in [-0.2, 0) is 15.7 Å². The smallest absolute Gasteiger partial charge is 0.416 e. The van der Waals surface area contributed by atoms with Crippen molar-refractivity contribution >= 4 is 28.6 Å². The van der Waals surface area contributed by atoms with E-state index in [1.807, 2.05) is 11.9 Å². The lowest BCUT2D eigenvalue weighted by atomic mass is 9.95. The summed E-state index contributed by atoms with van der Waals surface area (Å²) < 4.78 is 46.2. The third-order valence-electron chi connectivity index (χ3n) is 6.44. The first-order chi connectivity index (χ1) is 19.6. The van der Waals surface area contributed by atoms with E-state index in [-0.39, 0.29) is 17.9 Å². The number of hydrogen-bond acceptors (Lipinski definition) is 8. The minimum absolute atomic E-state index is 0.126. The molecule has 0 spiro atoms. The fraction of sp³-hybridized carbons (Fsp3) is 0.367. The maximum absolute atomic E-state index is 13.6. The summed E-state index contributed by atoms with van der Waals surface area (Å²) in [6.45, 7) is 4.35. The van der Waals surface area contributed by atoms with Crippen molar-refractivity contribution in [2.45, 2.75) is 45.3 Å². The molecule has 0 radical (unpaired) electrons. The van der Waals surface area contributed by atoms with Gasteiger partial charge in [-0.1, -0.05) is 36.4 Å². The fourth-order valence-electron chi connectivity index (χ4n) is 4.40. The first-order valence-corrected chi connectivity index (χ1v) is 14.2. The molecule has 1 aliphatic rings. The van der Waals surface area contributed by atoms with Crippen LogP contribution in [0.1, 0.15) is 55.8 Å². The Morgan fingerprint density at radius 1 is 1.22 bits per heavy atom. The van der Waals surface area contributed by atoms with Crippen LogP contribution in [0.15, 0.2) is 77.2 Å². The largest absolute Gasteiger partial charge is 0.463 e. The number of anilines is 1. The van der Waals surface area contributed by atoms with Crippen LogP contribution in [0.4, 0.5) is 18.9 Å². The molecule has 0 saturated carbocycles. The predicted molar refractivity (Wildman–Crippen MR) is 157 cm³/mol. The highest BCUT2D eigenvalue weighted by Gasteiger charge is 2.36. The summed E-state index contributed by atoms with van der Waals surface area (Å²) >= 11 is 1.43. The van der Waals surface area contributed by atoms with E-state index in [9.17, 15) is 23.2 Å². The van der Waals surface area contributed by atoms with Gasteiger partial charge in [-0.2, -0.15) is 18.4 Å². The number of alkyl halides is 3. The molecule has 2 N–H and O–H groups in total. The number of unbranched alkanes of at least 4 members (excludes halogenated alkanes) is 2. The molecule has 0 aliphatic carbocycles. The summed E-state index contributed by atoms with van der Waals surface area (Å²) in [7, 11) is 1.95. The summed E-state index contributed by atoms with van der Waals surface area (Å²) in [4.78, 5) is 21.7. The summed E-state index contributed by atoms with van der Waals surface area (Å²) in [5, 5.41) is 9.71. The number of nitrogens with zero attached hydrogens (tertiary/aromatic N) is 4. The second-order valence-electron chi connectivity index (χ2n) is 9.38. The Labute approximate surface area is 243 Å². The van der Waals surface area contributed by atoms with Crippen molar-refractivity contribution in [3.8, 4) is 6.07 Å². The van der Waals surface area contributed by atoms with Gasteiger partial charge >= 0.3 is 12.1 Å². The highest BCUT2D eigenvalue weighted by molar-refractivity contribution is 8.14. The number of carbonyl (C=O) groups is 1. The number of esters is 1. The van der Waals surface area contributed by atoms with E-state index in [1.165, 1.54) is 24.0 Å². The van der Waals surface area contributed by atoms with Crippen molar-refractivity contribution in [2.24, 2.45) is 10.7 Å². The van der Waals surface area contributed by atoms with E-state index in [1.54, 1.807) is 55.3 Å². The Balaban J connectivity index is 2.00. The molecule has 41 heavy (non-hydrogen) atoms. The lowest BCUT2D eigenvalue weighted by Gasteiger charge is -2.35. The van der Waals surface area contributed by atoms with Crippen LogP contribution in [0.5, 0.6) is 0 Å². The van der Waals surface area contributed by atoms with E-state index in [0.29, 0.717) is 27.7 Å². The molecule has 1 atom stereocenters. The number of thioether (sulfide) groups is 1. The van der Waals surface area contributed by atoms with Gasteiger partial charge < -0.3 is 15.4 Å². The Kier molecular flexibility index (Phi) is 11.3. The van der Waals surface area contributed by atoms with Crippen molar-refractivity contribution in [3.05, 3.63) is 88.9 Å². The number of nitriles is 1. The van der Waals surface area contributed by atoms with Gasteiger partial charge in [0, 0.05) is 43.1 Å². The molecule has 7 nitrogen and oxygen atoms in total. The van der Waals surface area contributed by atoms with E-state index in [0.717, 1.165) is 37.9 Å². The highest BCUT2D eigenvalue weighted by Crippen LogP contribution is 2.41. The Bertz CT molecular complexity index is 1330. The molecule has 3 rings (SSSR count). The average Bonchev–Trinajstić information content (AvgIpc) is 2.94. The highest BCUT2D eigenvalue weighted by atomic mass is 32.2. The second-order valence-corrected chi connectivity index (χ2v) is 10.4. The van der Waals surface area contributed by atoms with Crippen LogP contribution in [0.2, 0.25) is 0 Å². The minimum Gasteiger partial charge on any atom is -0.463 e. The molecule has 218 valence electrons. The molecule has 1 unspecified atom stereocenters. The first-order valence-electron chi connectivity index (χ1n) is 13.2. The Morgan fingerprint density at radius 3 is 2.59 bits per heavy atom. The molecular formula is C30H34F3N5O2S. The summed E-state index contributed by atoms with van der Waals surface area (Å²) in [6.07, 6.45) is 1.51. The van der Waals surface area contributed by atoms with E-state index in [4.69, 9.17) is 15.5 Å². The lowest BCUT2D eigenvalue weighted by molar-refractivity contribution is -0.139. The summed E-state index contributed by atoms with van der Waals surface area (Å²) in [6, 6.07) is 13.1. The molecule has 1 heterocycles.